The molecule has 2 N–H and O–H groups in total. The predicted molar refractivity (Wildman–Crippen MR) is 181 cm³/mol. The maximum absolute atomic E-state index is 14.7. The summed E-state index contributed by atoms with van der Waals surface area (Å²) >= 11 is 3.66. The van der Waals surface area contributed by atoms with Crippen molar-refractivity contribution in [1.29, 1.82) is 0 Å². The van der Waals surface area contributed by atoms with E-state index in [4.69, 9.17) is 29.0 Å². The van der Waals surface area contributed by atoms with Crippen molar-refractivity contribution in [3.63, 3.8) is 0 Å². The molecule has 11 nitrogen and oxygen atoms in total. The third-order valence-corrected chi connectivity index (χ3v) is 8.41. The Morgan fingerprint density at radius 2 is 1.72 bits per heavy atom. The lowest BCUT2D eigenvalue weighted by Gasteiger charge is -2.31. The molecule has 47 heavy (non-hydrogen) atoms. The highest BCUT2D eigenvalue weighted by molar-refractivity contribution is 9.10. The number of nitrogens with zero attached hydrogens (tertiary/aromatic N) is 4. The van der Waals surface area contributed by atoms with Gasteiger partial charge in [-0.2, -0.15) is 0 Å². The molecular formula is C35H34BrN5O6. The quantitative estimate of drug-likeness (QED) is 0.0628. The van der Waals surface area contributed by atoms with E-state index >= 15 is 0 Å². The number of methoxy groups -OCH3 is 2. The van der Waals surface area contributed by atoms with Gasteiger partial charge in [-0.05, 0) is 59.1 Å². The number of amides is 1. The van der Waals surface area contributed by atoms with Crippen LogP contribution in [0.1, 0.15) is 34.8 Å². The van der Waals surface area contributed by atoms with Gasteiger partial charge in [-0.1, -0.05) is 63.5 Å². The number of aliphatic hydroxyl groups is 1. The molecule has 0 radical (unpaired) electrons. The Morgan fingerprint density at radius 3 is 2.40 bits per heavy atom. The lowest BCUT2D eigenvalue weighted by molar-refractivity contribution is -0.129. The van der Waals surface area contributed by atoms with Gasteiger partial charge in [-0.15, -0.1) is 0 Å². The molecule has 1 aliphatic rings. The average molecular weight is 701 g/mol. The number of aliphatic hydroxyl groups excluding tert-OH is 1. The molecule has 0 spiro atoms. The number of hydrogen-bond donors (Lipinski definition) is 2. The number of carbonyl (C=O) groups excluding carboxylic acids is 1. The van der Waals surface area contributed by atoms with Crippen molar-refractivity contribution in [3.8, 4) is 17.2 Å². The Bertz CT molecular complexity index is 1770. The van der Waals surface area contributed by atoms with Crippen molar-refractivity contribution in [1.82, 2.24) is 5.32 Å². The van der Waals surface area contributed by atoms with Gasteiger partial charge in [0.05, 0.1) is 20.8 Å². The summed E-state index contributed by atoms with van der Waals surface area (Å²) in [5.41, 5.74) is 10.9. The molecule has 1 amide bonds. The van der Waals surface area contributed by atoms with Gasteiger partial charge in [0.25, 0.3) is 5.91 Å². The molecule has 0 aromatic heterocycles. The van der Waals surface area contributed by atoms with Crippen molar-refractivity contribution in [2.45, 2.75) is 31.0 Å². The van der Waals surface area contributed by atoms with E-state index < -0.39 is 17.6 Å². The zero-order valence-corrected chi connectivity index (χ0v) is 27.5. The van der Waals surface area contributed by atoms with E-state index in [1.54, 1.807) is 44.6 Å². The van der Waals surface area contributed by atoms with E-state index in [0.29, 0.717) is 47.1 Å². The zero-order valence-electron chi connectivity index (χ0n) is 25.9. The fourth-order valence-electron chi connectivity index (χ4n) is 5.35. The van der Waals surface area contributed by atoms with Gasteiger partial charge < -0.3 is 29.4 Å². The van der Waals surface area contributed by atoms with Crippen LogP contribution in [0.25, 0.3) is 10.4 Å². The number of halogens is 1. The van der Waals surface area contributed by atoms with Crippen LogP contribution in [0, 0.1) is 0 Å². The number of benzene rings is 4. The molecule has 12 heteroatoms. The number of hydrogen-bond acceptors (Lipinski definition) is 8. The van der Waals surface area contributed by atoms with E-state index in [1.807, 2.05) is 60.7 Å². The molecule has 0 aliphatic carbocycles. The van der Waals surface area contributed by atoms with Crippen molar-refractivity contribution >= 4 is 33.4 Å². The van der Waals surface area contributed by atoms with E-state index in [0.717, 1.165) is 15.6 Å². The monoisotopic (exact) mass is 699 g/mol. The highest BCUT2D eigenvalue weighted by Gasteiger charge is 2.54. The summed E-state index contributed by atoms with van der Waals surface area (Å²) in [7, 11) is 3.13. The van der Waals surface area contributed by atoms with Crippen LogP contribution in [0.4, 0.5) is 5.69 Å². The Morgan fingerprint density at radius 1 is 1.02 bits per heavy atom. The van der Waals surface area contributed by atoms with Gasteiger partial charge in [0.2, 0.25) is 5.90 Å². The van der Waals surface area contributed by atoms with Gasteiger partial charge in [0.15, 0.2) is 11.6 Å². The summed E-state index contributed by atoms with van der Waals surface area (Å²) in [6, 6.07) is 27.2. The number of aliphatic imine (C=N–C) groups is 1. The van der Waals surface area contributed by atoms with Gasteiger partial charge in [-0.25, -0.2) is 4.99 Å². The van der Waals surface area contributed by atoms with Crippen LogP contribution in [0.3, 0.4) is 0 Å². The summed E-state index contributed by atoms with van der Waals surface area (Å²) in [5, 5.41) is 16.1. The first-order valence-electron chi connectivity index (χ1n) is 14.9. The molecule has 1 heterocycles. The van der Waals surface area contributed by atoms with Crippen LogP contribution in [-0.2, 0) is 22.5 Å². The molecule has 4 aromatic carbocycles. The molecule has 0 fully saturated rings. The highest BCUT2D eigenvalue weighted by atomic mass is 79.9. The largest absolute Gasteiger partial charge is 0.497 e. The summed E-state index contributed by atoms with van der Waals surface area (Å²) in [4.78, 5) is 22.8. The van der Waals surface area contributed by atoms with Gasteiger partial charge in [0.1, 0.15) is 17.2 Å². The summed E-state index contributed by atoms with van der Waals surface area (Å²) in [5.74, 6) is 1.68. The number of azide groups is 1. The van der Waals surface area contributed by atoms with Crippen molar-refractivity contribution in [2.75, 3.05) is 27.4 Å². The molecule has 2 atom stereocenters. The normalized spacial score (nSPS) is 16.8. The van der Waals surface area contributed by atoms with E-state index in [-0.39, 0.29) is 25.5 Å². The maximum Gasteiger partial charge on any atom is 0.252 e. The molecule has 5 rings (SSSR count). The Hall–Kier alpha value is -5.03. The fraction of sp³-hybridized carbons (Fsp3) is 0.257. The third kappa shape index (κ3) is 7.69. The standard InChI is InChI=1S/C35H34BrN5O6/c1-44-27-18-23(19-28(20-27)45-2)22-38-34(43)35(21-25-8-3-6-11-31(25)40-41-37)32(29-9-4-5-10-30(29)36)47-33(39-35)24-12-14-26(15-13-24)46-17-7-16-42/h3-6,8-15,18-20,32,42H,7,16-17,21-22H2,1-2H3,(H,38,43)/t32-,35-/m1/s1. The summed E-state index contributed by atoms with van der Waals surface area (Å²) < 4.78 is 23.9. The van der Waals surface area contributed by atoms with Crippen LogP contribution in [0.2, 0.25) is 0 Å². The number of nitrogens with one attached hydrogen (secondary N) is 1. The van der Waals surface area contributed by atoms with Crippen molar-refractivity contribution in [3.05, 3.63) is 128 Å². The van der Waals surface area contributed by atoms with Crippen LogP contribution in [-0.4, -0.2) is 49.9 Å². The molecule has 242 valence electrons. The first-order chi connectivity index (χ1) is 22.9. The molecule has 1 aliphatic heterocycles. The van der Waals surface area contributed by atoms with Gasteiger partial charge in [-0.3, -0.25) is 4.79 Å². The van der Waals surface area contributed by atoms with Crippen LogP contribution in [0.15, 0.2) is 106 Å². The Balaban J connectivity index is 1.61. The van der Waals surface area contributed by atoms with Crippen LogP contribution in [0.5, 0.6) is 17.2 Å². The van der Waals surface area contributed by atoms with Crippen molar-refractivity contribution in [2.24, 2.45) is 10.1 Å². The summed E-state index contributed by atoms with van der Waals surface area (Å²) in [6.45, 7) is 0.571. The second kappa shape index (κ2) is 15.5. The fourth-order valence-corrected chi connectivity index (χ4v) is 5.84. The zero-order chi connectivity index (χ0) is 33.2. The minimum atomic E-state index is -1.53. The predicted octanol–water partition coefficient (Wildman–Crippen LogP) is 6.99. The molecular weight excluding hydrogens is 666 g/mol. The van der Waals surface area contributed by atoms with Crippen molar-refractivity contribution < 1.29 is 28.8 Å². The summed E-state index contributed by atoms with van der Waals surface area (Å²) in [6.07, 6.45) is -0.289. The molecule has 0 unspecified atom stereocenters. The second-order valence-electron chi connectivity index (χ2n) is 10.7. The van der Waals surface area contributed by atoms with E-state index in [1.165, 1.54) is 0 Å². The molecule has 0 bridgehead atoms. The maximum atomic E-state index is 14.7. The minimum Gasteiger partial charge on any atom is -0.497 e. The van der Waals surface area contributed by atoms with E-state index in [2.05, 4.69) is 31.3 Å². The van der Waals surface area contributed by atoms with Crippen LogP contribution >= 0.6 is 15.9 Å². The lowest BCUT2D eigenvalue weighted by atomic mass is 9.81. The highest BCUT2D eigenvalue weighted by Crippen LogP contribution is 2.45. The third-order valence-electron chi connectivity index (χ3n) is 7.69. The Kier molecular flexibility index (Phi) is 11.0. The second-order valence-corrected chi connectivity index (χ2v) is 11.6. The molecule has 4 aromatic rings. The SMILES string of the molecule is COc1cc(CNC(=O)[C@]2(Cc3ccccc3N=[N+]=[N-])N=C(c3ccc(OCCCO)cc3)O[C@@H]2c2ccccc2Br)cc(OC)c1. The molecule has 0 saturated heterocycles. The first-order valence-corrected chi connectivity index (χ1v) is 15.7. The molecule has 0 saturated carbocycles. The number of carbonyl (C=O) groups is 1. The van der Waals surface area contributed by atoms with Gasteiger partial charge in [0, 0.05) is 58.3 Å². The average Bonchev–Trinajstić information content (AvgIpc) is 3.48. The number of rotatable bonds is 14. The van der Waals surface area contributed by atoms with Gasteiger partial charge >= 0.3 is 0 Å². The van der Waals surface area contributed by atoms with E-state index in [9.17, 15) is 10.3 Å². The Labute approximate surface area is 280 Å². The first kappa shape index (κ1) is 33.3. The minimum absolute atomic E-state index is 0.0392. The van der Waals surface area contributed by atoms with Crippen LogP contribution < -0.4 is 19.5 Å². The topological polar surface area (TPSA) is 147 Å². The smallest absolute Gasteiger partial charge is 0.252 e. The number of ether oxygens (including phenoxy) is 4. The lowest BCUT2D eigenvalue weighted by Crippen LogP contribution is -2.49.